The highest BCUT2D eigenvalue weighted by Gasteiger charge is 2.42. The summed E-state index contributed by atoms with van der Waals surface area (Å²) in [4.78, 5) is 6.62. The van der Waals surface area contributed by atoms with Gasteiger partial charge in [0.1, 0.15) is 23.4 Å². The van der Waals surface area contributed by atoms with Crippen molar-refractivity contribution in [3.8, 4) is 11.3 Å². The predicted molar refractivity (Wildman–Crippen MR) is 136 cm³/mol. The SMILES string of the molecule is Cc1ccc(N2C(=S)N[C@@H](c3ccccn3)[C@@H]2c2ccc(-c3ccc(Br)cc3F)o2)cc1C. The minimum absolute atomic E-state index is 0.228. The molecule has 0 bridgehead atoms. The molecular formula is C26H21BrFN3OS. The summed E-state index contributed by atoms with van der Waals surface area (Å²) in [7, 11) is 0. The highest BCUT2D eigenvalue weighted by molar-refractivity contribution is 9.10. The Morgan fingerprint density at radius 1 is 1.03 bits per heavy atom. The molecule has 7 heteroatoms. The van der Waals surface area contributed by atoms with E-state index in [4.69, 9.17) is 16.6 Å². The lowest BCUT2D eigenvalue weighted by molar-refractivity contribution is 0.438. The van der Waals surface area contributed by atoms with Crippen LogP contribution in [0.2, 0.25) is 0 Å². The van der Waals surface area contributed by atoms with E-state index in [1.165, 1.54) is 17.2 Å². The maximum absolute atomic E-state index is 14.6. The molecule has 1 fully saturated rings. The summed E-state index contributed by atoms with van der Waals surface area (Å²) in [5, 5.41) is 4.01. The van der Waals surface area contributed by atoms with Gasteiger partial charge in [0.05, 0.1) is 17.3 Å². The second-order valence-corrected chi connectivity index (χ2v) is 9.39. The Kier molecular flexibility index (Phi) is 5.76. The Balaban J connectivity index is 1.61. The average molecular weight is 522 g/mol. The van der Waals surface area contributed by atoms with Crippen molar-refractivity contribution in [2.24, 2.45) is 0 Å². The minimum Gasteiger partial charge on any atom is -0.459 e. The van der Waals surface area contributed by atoms with Gasteiger partial charge in [-0.25, -0.2) is 4.39 Å². The zero-order valence-corrected chi connectivity index (χ0v) is 20.5. The third-order valence-corrected chi connectivity index (χ3v) is 6.79. The first-order chi connectivity index (χ1) is 15.9. The Morgan fingerprint density at radius 2 is 1.88 bits per heavy atom. The lowest BCUT2D eigenvalue weighted by Gasteiger charge is -2.26. The van der Waals surface area contributed by atoms with Crippen molar-refractivity contribution < 1.29 is 8.81 Å². The molecule has 1 aliphatic heterocycles. The molecule has 0 spiro atoms. The number of anilines is 1. The second-order valence-electron chi connectivity index (χ2n) is 8.09. The maximum Gasteiger partial charge on any atom is 0.174 e. The largest absolute Gasteiger partial charge is 0.459 e. The van der Waals surface area contributed by atoms with Gasteiger partial charge in [-0.1, -0.05) is 28.1 Å². The molecule has 2 atom stereocenters. The normalized spacial score (nSPS) is 17.9. The lowest BCUT2D eigenvalue weighted by Crippen LogP contribution is -2.29. The van der Waals surface area contributed by atoms with Gasteiger partial charge in [-0.15, -0.1) is 0 Å². The molecule has 0 aliphatic carbocycles. The van der Waals surface area contributed by atoms with Crippen LogP contribution in [0, 0.1) is 19.7 Å². The molecule has 4 nitrogen and oxygen atoms in total. The average Bonchev–Trinajstić information content (AvgIpc) is 3.41. The number of pyridine rings is 1. The number of furan rings is 1. The number of thiocarbonyl (C=S) groups is 1. The molecule has 0 saturated carbocycles. The van der Waals surface area contributed by atoms with Crippen LogP contribution in [-0.2, 0) is 0 Å². The Hall–Kier alpha value is -3.03. The topological polar surface area (TPSA) is 41.3 Å². The Bertz CT molecular complexity index is 1340. The van der Waals surface area contributed by atoms with Gasteiger partial charge >= 0.3 is 0 Å². The third-order valence-electron chi connectivity index (χ3n) is 5.98. The Labute approximate surface area is 205 Å². The van der Waals surface area contributed by atoms with Crippen molar-refractivity contribution in [3.05, 3.63) is 106 Å². The molecular weight excluding hydrogens is 501 g/mol. The fraction of sp³-hybridized carbons (Fsp3) is 0.154. The van der Waals surface area contributed by atoms with Gasteiger partial charge in [0.25, 0.3) is 0 Å². The summed E-state index contributed by atoms with van der Waals surface area (Å²) in [6.45, 7) is 4.16. The van der Waals surface area contributed by atoms with Crippen LogP contribution in [0.25, 0.3) is 11.3 Å². The third kappa shape index (κ3) is 4.07. The molecule has 5 rings (SSSR count). The van der Waals surface area contributed by atoms with Crippen molar-refractivity contribution in [3.63, 3.8) is 0 Å². The molecule has 1 N–H and O–H groups in total. The summed E-state index contributed by atoms with van der Waals surface area (Å²) in [6.07, 6.45) is 1.76. The van der Waals surface area contributed by atoms with Gasteiger partial charge in [0, 0.05) is 16.4 Å². The molecule has 166 valence electrons. The first-order valence-corrected chi connectivity index (χ1v) is 11.8. The number of hydrogen-bond acceptors (Lipinski definition) is 3. The quantitative estimate of drug-likeness (QED) is 0.291. The van der Waals surface area contributed by atoms with Crippen molar-refractivity contribution in [1.29, 1.82) is 0 Å². The maximum atomic E-state index is 14.6. The lowest BCUT2D eigenvalue weighted by atomic mass is 10.0. The van der Waals surface area contributed by atoms with Crippen molar-refractivity contribution in [2.75, 3.05) is 4.90 Å². The number of nitrogens with one attached hydrogen (secondary N) is 1. The number of halogens is 2. The van der Waals surface area contributed by atoms with Gasteiger partial charge in [-0.3, -0.25) is 4.98 Å². The number of nitrogens with zero attached hydrogens (tertiary/aromatic N) is 2. The van der Waals surface area contributed by atoms with E-state index in [9.17, 15) is 4.39 Å². The number of aryl methyl sites for hydroxylation is 2. The molecule has 2 aromatic carbocycles. The number of hydrogen-bond donors (Lipinski definition) is 1. The van der Waals surface area contributed by atoms with Crippen molar-refractivity contribution in [1.82, 2.24) is 10.3 Å². The van der Waals surface area contributed by atoms with Crippen LogP contribution in [0.4, 0.5) is 10.1 Å². The van der Waals surface area contributed by atoms with Gasteiger partial charge in [0.15, 0.2) is 5.11 Å². The molecule has 3 heterocycles. The summed E-state index contributed by atoms with van der Waals surface area (Å²) in [5.41, 5.74) is 4.61. The van der Waals surface area contributed by atoms with E-state index in [-0.39, 0.29) is 17.9 Å². The van der Waals surface area contributed by atoms with E-state index in [1.807, 2.05) is 24.3 Å². The molecule has 33 heavy (non-hydrogen) atoms. The van der Waals surface area contributed by atoms with Crippen LogP contribution >= 0.6 is 28.1 Å². The van der Waals surface area contributed by atoms with Crippen molar-refractivity contribution in [2.45, 2.75) is 25.9 Å². The van der Waals surface area contributed by atoms with Gasteiger partial charge in [0.2, 0.25) is 0 Å². The van der Waals surface area contributed by atoms with Gasteiger partial charge in [-0.2, -0.15) is 0 Å². The van der Waals surface area contributed by atoms with Crippen molar-refractivity contribution >= 4 is 38.9 Å². The summed E-state index contributed by atoms with van der Waals surface area (Å²) in [6, 6.07) is 20.2. The summed E-state index contributed by atoms with van der Waals surface area (Å²) >= 11 is 9.07. The molecule has 0 unspecified atom stereocenters. The number of benzene rings is 2. The summed E-state index contributed by atoms with van der Waals surface area (Å²) in [5.74, 6) is 0.791. The monoisotopic (exact) mass is 521 g/mol. The zero-order chi connectivity index (χ0) is 23.1. The minimum atomic E-state index is -0.349. The van der Waals surface area contributed by atoms with Gasteiger partial charge < -0.3 is 14.6 Å². The fourth-order valence-electron chi connectivity index (χ4n) is 4.14. The van der Waals surface area contributed by atoms with E-state index in [2.05, 4.69) is 63.2 Å². The van der Waals surface area contributed by atoms with Gasteiger partial charge in [-0.05, 0) is 91.8 Å². The first-order valence-electron chi connectivity index (χ1n) is 10.6. The standard InChI is InChI=1S/C26H21BrFN3OS/c1-15-6-8-18(13-16(15)2)31-25(24(30-26(31)33)21-5-3-4-12-29-21)23-11-10-22(32-23)19-9-7-17(27)14-20(19)28/h3-14,24-25H,1-2H3,(H,30,33)/t24-,25-/m0/s1. The smallest absolute Gasteiger partial charge is 0.174 e. The van der Waals surface area contributed by atoms with Crippen LogP contribution in [0.3, 0.4) is 0 Å². The van der Waals surface area contributed by atoms with Crippen LogP contribution in [-0.4, -0.2) is 10.1 Å². The van der Waals surface area contributed by atoms with E-state index >= 15 is 0 Å². The summed E-state index contributed by atoms with van der Waals surface area (Å²) < 4.78 is 21.5. The Morgan fingerprint density at radius 3 is 2.61 bits per heavy atom. The highest BCUT2D eigenvalue weighted by atomic mass is 79.9. The van der Waals surface area contributed by atoms with E-state index in [0.29, 0.717) is 26.7 Å². The molecule has 1 aliphatic rings. The predicted octanol–water partition coefficient (Wildman–Crippen LogP) is 7.04. The second kappa shape index (κ2) is 8.72. The number of aromatic nitrogens is 1. The van der Waals surface area contributed by atoms with E-state index in [1.54, 1.807) is 24.4 Å². The van der Waals surface area contributed by atoms with Crippen LogP contribution in [0.5, 0.6) is 0 Å². The number of rotatable bonds is 4. The van der Waals surface area contributed by atoms with Crippen LogP contribution < -0.4 is 10.2 Å². The molecule has 0 amide bonds. The molecule has 0 radical (unpaired) electrons. The molecule has 4 aromatic rings. The van der Waals surface area contributed by atoms with Crippen LogP contribution in [0.15, 0.2) is 81.8 Å². The van der Waals surface area contributed by atoms with E-state index in [0.717, 1.165) is 11.4 Å². The van der Waals surface area contributed by atoms with Crippen LogP contribution in [0.1, 0.15) is 34.7 Å². The van der Waals surface area contributed by atoms with E-state index < -0.39 is 0 Å². The highest BCUT2D eigenvalue weighted by Crippen LogP contribution is 2.43. The fourth-order valence-corrected chi connectivity index (χ4v) is 4.82. The first kappa shape index (κ1) is 21.8. The molecule has 1 saturated heterocycles. The zero-order valence-electron chi connectivity index (χ0n) is 18.0. The molecule has 2 aromatic heterocycles.